The zero-order valence-electron chi connectivity index (χ0n) is 9.95. The Morgan fingerprint density at radius 1 is 1.50 bits per heavy atom. The Kier molecular flexibility index (Phi) is 4.25. The van der Waals surface area contributed by atoms with Crippen LogP contribution in [0.15, 0.2) is 12.1 Å². The summed E-state index contributed by atoms with van der Waals surface area (Å²) in [4.78, 5) is 17.6. The van der Waals surface area contributed by atoms with Crippen molar-refractivity contribution in [1.82, 2.24) is 9.88 Å². The minimum atomic E-state index is -0.0451. The van der Waals surface area contributed by atoms with Gasteiger partial charge < -0.3 is 10.3 Å². The van der Waals surface area contributed by atoms with Crippen molar-refractivity contribution >= 4 is 11.7 Å². The van der Waals surface area contributed by atoms with Gasteiger partial charge in [-0.15, -0.1) is 0 Å². The normalized spacial score (nSPS) is 10.0. The number of hydrazine groups is 1. The number of nitrogens with zero attached hydrogens (tertiary/aromatic N) is 2. The van der Waals surface area contributed by atoms with E-state index in [2.05, 4.69) is 17.3 Å². The molecular weight excluding hydrogens is 204 g/mol. The second-order valence-electron chi connectivity index (χ2n) is 3.83. The Morgan fingerprint density at radius 2 is 2.19 bits per heavy atom. The summed E-state index contributed by atoms with van der Waals surface area (Å²) in [5.74, 6) is 5.80. The molecule has 0 atom stereocenters. The van der Waals surface area contributed by atoms with Crippen LogP contribution in [0, 0.1) is 0 Å². The lowest BCUT2D eigenvalue weighted by Gasteiger charge is -2.12. The molecule has 16 heavy (non-hydrogen) atoms. The van der Waals surface area contributed by atoms with Crippen LogP contribution in [0.4, 0.5) is 5.82 Å². The number of nitrogens with two attached hydrogens (primary N) is 1. The maximum atomic E-state index is 11.8. The number of nitrogen functional groups attached to an aromatic ring is 1. The number of carbonyl (C=O) groups is 1. The molecule has 0 bridgehead atoms. The van der Waals surface area contributed by atoms with Crippen molar-refractivity contribution in [3.63, 3.8) is 0 Å². The molecule has 1 amide bonds. The Bertz CT molecular complexity index is 376. The molecule has 0 aliphatic heterocycles. The van der Waals surface area contributed by atoms with Crippen molar-refractivity contribution in [2.24, 2.45) is 5.84 Å². The number of anilines is 1. The highest BCUT2D eigenvalue weighted by molar-refractivity contribution is 5.94. The molecule has 1 aromatic heterocycles. The van der Waals surface area contributed by atoms with E-state index < -0.39 is 0 Å². The van der Waals surface area contributed by atoms with Gasteiger partial charge in [0.2, 0.25) is 0 Å². The predicted molar refractivity (Wildman–Crippen MR) is 64.1 cm³/mol. The molecule has 5 heteroatoms. The van der Waals surface area contributed by atoms with Gasteiger partial charge >= 0.3 is 0 Å². The Morgan fingerprint density at radius 3 is 2.69 bits per heavy atom. The Labute approximate surface area is 95.6 Å². The van der Waals surface area contributed by atoms with E-state index in [1.807, 2.05) is 6.07 Å². The first-order chi connectivity index (χ1) is 7.58. The summed E-state index contributed by atoms with van der Waals surface area (Å²) in [6.45, 7) is 2.07. The average Bonchev–Trinajstić information content (AvgIpc) is 2.27. The van der Waals surface area contributed by atoms with Crippen molar-refractivity contribution < 1.29 is 4.79 Å². The first kappa shape index (κ1) is 12.4. The van der Waals surface area contributed by atoms with Gasteiger partial charge in [-0.3, -0.25) is 4.79 Å². The summed E-state index contributed by atoms with van der Waals surface area (Å²) in [5, 5.41) is 0. The number of carbonyl (C=O) groups excluding carboxylic acids is 1. The van der Waals surface area contributed by atoms with E-state index in [1.54, 1.807) is 20.2 Å². The zero-order chi connectivity index (χ0) is 12.1. The minimum absolute atomic E-state index is 0.0451. The molecule has 0 saturated carbocycles. The molecule has 0 fully saturated rings. The van der Waals surface area contributed by atoms with Crippen LogP contribution in [0.2, 0.25) is 0 Å². The molecule has 88 valence electrons. The molecule has 0 unspecified atom stereocenters. The van der Waals surface area contributed by atoms with E-state index in [0.717, 1.165) is 18.5 Å². The first-order valence-corrected chi connectivity index (χ1v) is 5.27. The molecule has 0 aromatic carbocycles. The molecule has 1 heterocycles. The molecule has 0 saturated heterocycles. The molecule has 1 aromatic rings. The third-order valence-corrected chi connectivity index (χ3v) is 2.19. The van der Waals surface area contributed by atoms with Gasteiger partial charge in [-0.1, -0.05) is 13.3 Å². The monoisotopic (exact) mass is 222 g/mol. The maximum absolute atomic E-state index is 11.8. The van der Waals surface area contributed by atoms with Gasteiger partial charge in [0.25, 0.3) is 5.91 Å². The summed E-state index contributed by atoms with van der Waals surface area (Å²) in [7, 11) is 3.44. The second-order valence-corrected chi connectivity index (χ2v) is 3.83. The largest absolute Gasteiger partial charge is 0.345 e. The van der Waals surface area contributed by atoms with Crippen molar-refractivity contribution in [2.75, 3.05) is 19.5 Å². The fourth-order valence-corrected chi connectivity index (χ4v) is 1.43. The summed E-state index contributed by atoms with van der Waals surface area (Å²) in [6, 6.07) is 3.47. The number of hydrogen-bond donors (Lipinski definition) is 2. The smallest absolute Gasteiger partial charge is 0.253 e. The van der Waals surface area contributed by atoms with Crippen molar-refractivity contribution in [1.29, 1.82) is 0 Å². The highest BCUT2D eigenvalue weighted by Crippen LogP contribution is 2.12. The van der Waals surface area contributed by atoms with E-state index in [1.165, 1.54) is 4.90 Å². The lowest BCUT2D eigenvalue weighted by atomic mass is 10.1. The number of pyridine rings is 1. The fraction of sp³-hybridized carbons (Fsp3) is 0.455. The number of nitrogens with one attached hydrogen (secondary N) is 1. The maximum Gasteiger partial charge on any atom is 0.253 e. The lowest BCUT2D eigenvalue weighted by Crippen LogP contribution is -2.22. The predicted octanol–water partition coefficient (Wildman–Crippen LogP) is 1.02. The molecule has 1 rings (SSSR count). The highest BCUT2D eigenvalue weighted by Gasteiger charge is 2.10. The van der Waals surface area contributed by atoms with Crippen LogP contribution in [0.5, 0.6) is 0 Å². The van der Waals surface area contributed by atoms with Crippen molar-refractivity contribution in [3.8, 4) is 0 Å². The summed E-state index contributed by atoms with van der Waals surface area (Å²) >= 11 is 0. The summed E-state index contributed by atoms with van der Waals surface area (Å²) in [6.07, 6.45) is 1.82. The van der Waals surface area contributed by atoms with Crippen LogP contribution in [-0.4, -0.2) is 29.9 Å². The minimum Gasteiger partial charge on any atom is -0.345 e. The zero-order valence-corrected chi connectivity index (χ0v) is 9.95. The third-order valence-electron chi connectivity index (χ3n) is 2.19. The standard InChI is InChI=1S/C11H18N4O/c1-4-5-9-6-8(11(16)15(2)3)7-10(13-9)14-12/h6-7H,4-5,12H2,1-3H3,(H,13,14). The fourth-order valence-electron chi connectivity index (χ4n) is 1.43. The van der Waals surface area contributed by atoms with E-state index in [0.29, 0.717) is 11.4 Å². The van der Waals surface area contributed by atoms with Gasteiger partial charge in [0.05, 0.1) is 0 Å². The van der Waals surface area contributed by atoms with Gasteiger partial charge in [0, 0.05) is 25.4 Å². The first-order valence-electron chi connectivity index (χ1n) is 5.27. The quantitative estimate of drug-likeness (QED) is 0.589. The Balaban J connectivity index is 3.08. The van der Waals surface area contributed by atoms with Gasteiger partial charge in [0.15, 0.2) is 0 Å². The van der Waals surface area contributed by atoms with Crippen LogP contribution in [0.1, 0.15) is 29.4 Å². The van der Waals surface area contributed by atoms with Gasteiger partial charge in [0.1, 0.15) is 5.82 Å². The molecular formula is C11H18N4O. The lowest BCUT2D eigenvalue weighted by molar-refractivity contribution is 0.0827. The SMILES string of the molecule is CCCc1cc(C(=O)N(C)C)cc(NN)n1. The van der Waals surface area contributed by atoms with E-state index in [4.69, 9.17) is 5.84 Å². The molecule has 0 aliphatic rings. The molecule has 0 radical (unpaired) electrons. The summed E-state index contributed by atoms with van der Waals surface area (Å²) in [5.41, 5.74) is 3.96. The van der Waals surface area contributed by atoms with Crippen molar-refractivity contribution in [3.05, 3.63) is 23.4 Å². The van der Waals surface area contributed by atoms with Crippen LogP contribution in [0.25, 0.3) is 0 Å². The number of aryl methyl sites for hydroxylation is 1. The molecule has 5 nitrogen and oxygen atoms in total. The highest BCUT2D eigenvalue weighted by atomic mass is 16.2. The molecule has 3 N–H and O–H groups in total. The Hall–Kier alpha value is -1.62. The molecule has 0 aliphatic carbocycles. The van der Waals surface area contributed by atoms with Crippen LogP contribution in [0.3, 0.4) is 0 Å². The van der Waals surface area contributed by atoms with Gasteiger partial charge in [-0.2, -0.15) is 0 Å². The average molecular weight is 222 g/mol. The van der Waals surface area contributed by atoms with Gasteiger partial charge in [-0.05, 0) is 18.6 Å². The number of rotatable bonds is 4. The van der Waals surface area contributed by atoms with Crippen molar-refractivity contribution in [2.45, 2.75) is 19.8 Å². The molecule has 0 spiro atoms. The van der Waals surface area contributed by atoms with E-state index in [-0.39, 0.29) is 5.91 Å². The number of hydrogen-bond acceptors (Lipinski definition) is 4. The number of amides is 1. The van der Waals surface area contributed by atoms with Crippen LogP contribution >= 0.6 is 0 Å². The van der Waals surface area contributed by atoms with E-state index in [9.17, 15) is 4.79 Å². The number of aromatic nitrogens is 1. The van der Waals surface area contributed by atoms with Gasteiger partial charge in [-0.25, -0.2) is 10.8 Å². The van der Waals surface area contributed by atoms with Crippen LogP contribution < -0.4 is 11.3 Å². The van der Waals surface area contributed by atoms with Crippen LogP contribution in [-0.2, 0) is 6.42 Å². The topological polar surface area (TPSA) is 71.2 Å². The second kappa shape index (κ2) is 5.46. The third kappa shape index (κ3) is 2.93. The summed E-state index contributed by atoms with van der Waals surface area (Å²) < 4.78 is 0. The van der Waals surface area contributed by atoms with E-state index >= 15 is 0 Å².